The lowest BCUT2D eigenvalue weighted by atomic mass is 10.1. The largest absolute Gasteiger partial charge is 0.493 e. The minimum atomic E-state index is -0.509. The van der Waals surface area contributed by atoms with Gasteiger partial charge in [-0.25, -0.2) is 0 Å². The van der Waals surface area contributed by atoms with Crippen molar-refractivity contribution in [3.63, 3.8) is 0 Å². The molecule has 0 fully saturated rings. The van der Waals surface area contributed by atoms with Crippen molar-refractivity contribution in [1.82, 2.24) is 0 Å². The van der Waals surface area contributed by atoms with E-state index in [2.05, 4.69) is 5.32 Å². The van der Waals surface area contributed by atoms with Gasteiger partial charge in [-0.15, -0.1) is 0 Å². The van der Waals surface area contributed by atoms with Crippen molar-refractivity contribution in [3.8, 4) is 17.2 Å². The molecule has 0 saturated carbocycles. The summed E-state index contributed by atoms with van der Waals surface area (Å²) >= 11 is 0. The van der Waals surface area contributed by atoms with Gasteiger partial charge >= 0.3 is 0 Å². The Balaban J connectivity index is 1.71. The number of nitrogens with one attached hydrogen (secondary N) is 1. The zero-order valence-electron chi connectivity index (χ0n) is 12.5. The molecule has 0 unspecified atom stereocenters. The molecule has 1 atom stereocenters. The molecule has 2 aromatic carbocycles. The average molecular weight is 299 g/mol. The van der Waals surface area contributed by atoms with Gasteiger partial charge in [0.2, 0.25) is 0 Å². The second kappa shape index (κ2) is 5.97. The minimum absolute atomic E-state index is 0.177. The SMILES string of the molecule is COc1ccc(NC(=O)[C@H]2Cc3ccccc3O2)cc1OC. The fourth-order valence-electron chi connectivity index (χ4n) is 2.47. The highest BCUT2D eigenvalue weighted by atomic mass is 16.5. The first-order valence-electron chi connectivity index (χ1n) is 6.98. The number of rotatable bonds is 4. The summed E-state index contributed by atoms with van der Waals surface area (Å²) in [5.41, 5.74) is 1.69. The Morgan fingerprint density at radius 3 is 2.64 bits per heavy atom. The highest BCUT2D eigenvalue weighted by molar-refractivity contribution is 5.95. The van der Waals surface area contributed by atoms with Crippen molar-refractivity contribution in [1.29, 1.82) is 0 Å². The van der Waals surface area contributed by atoms with Crippen LogP contribution in [0.15, 0.2) is 42.5 Å². The van der Waals surface area contributed by atoms with E-state index in [1.165, 1.54) is 0 Å². The molecule has 1 amide bonds. The van der Waals surface area contributed by atoms with Crippen molar-refractivity contribution < 1.29 is 19.0 Å². The molecule has 2 aromatic rings. The van der Waals surface area contributed by atoms with Gasteiger partial charge in [-0.3, -0.25) is 4.79 Å². The van der Waals surface area contributed by atoms with E-state index in [0.717, 1.165) is 11.3 Å². The van der Waals surface area contributed by atoms with E-state index in [-0.39, 0.29) is 5.91 Å². The van der Waals surface area contributed by atoms with Crippen LogP contribution >= 0.6 is 0 Å². The Hall–Kier alpha value is -2.69. The Kier molecular flexibility index (Phi) is 3.87. The molecule has 1 aliphatic heterocycles. The molecule has 0 bridgehead atoms. The third-order valence-electron chi connectivity index (χ3n) is 3.59. The smallest absolute Gasteiger partial charge is 0.265 e. The fourth-order valence-corrected chi connectivity index (χ4v) is 2.47. The van der Waals surface area contributed by atoms with Crippen molar-refractivity contribution in [3.05, 3.63) is 48.0 Å². The number of methoxy groups -OCH3 is 2. The van der Waals surface area contributed by atoms with Gasteiger partial charge in [-0.1, -0.05) is 18.2 Å². The number of ether oxygens (including phenoxy) is 3. The number of carbonyl (C=O) groups excluding carboxylic acids is 1. The predicted octanol–water partition coefficient (Wildman–Crippen LogP) is 2.65. The van der Waals surface area contributed by atoms with Crippen molar-refractivity contribution in [2.45, 2.75) is 12.5 Å². The van der Waals surface area contributed by atoms with Gasteiger partial charge in [0.05, 0.1) is 14.2 Å². The van der Waals surface area contributed by atoms with Gasteiger partial charge in [0.1, 0.15) is 5.75 Å². The van der Waals surface area contributed by atoms with E-state index in [1.54, 1.807) is 32.4 Å². The third kappa shape index (κ3) is 2.70. The molecule has 3 rings (SSSR count). The lowest BCUT2D eigenvalue weighted by molar-refractivity contribution is -0.122. The lowest BCUT2D eigenvalue weighted by Gasteiger charge is -2.13. The second-order valence-electron chi connectivity index (χ2n) is 4.98. The number of fused-ring (bicyclic) bond motifs is 1. The van der Waals surface area contributed by atoms with Crippen molar-refractivity contribution in [2.24, 2.45) is 0 Å². The highest BCUT2D eigenvalue weighted by Crippen LogP contribution is 2.31. The van der Waals surface area contributed by atoms with Crippen LogP contribution in [0.3, 0.4) is 0 Å². The number of anilines is 1. The van der Waals surface area contributed by atoms with Gasteiger partial charge in [0.15, 0.2) is 17.6 Å². The number of carbonyl (C=O) groups is 1. The number of para-hydroxylation sites is 1. The van der Waals surface area contributed by atoms with E-state index < -0.39 is 6.10 Å². The number of amides is 1. The molecule has 0 aromatic heterocycles. The summed E-state index contributed by atoms with van der Waals surface area (Å²) < 4.78 is 16.1. The van der Waals surface area contributed by atoms with E-state index in [0.29, 0.717) is 23.6 Å². The molecule has 0 saturated heterocycles. The number of hydrogen-bond donors (Lipinski definition) is 1. The standard InChI is InChI=1S/C17H17NO4/c1-20-14-8-7-12(10-15(14)21-2)18-17(19)16-9-11-5-3-4-6-13(11)22-16/h3-8,10,16H,9H2,1-2H3,(H,18,19)/t16-/m1/s1. The Morgan fingerprint density at radius 1 is 1.14 bits per heavy atom. The van der Waals surface area contributed by atoms with Crippen LogP contribution < -0.4 is 19.5 Å². The maximum absolute atomic E-state index is 12.3. The number of hydrogen-bond acceptors (Lipinski definition) is 4. The number of benzene rings is 2. The Morgan fingerprint density at radius 2 is 1.91 bits per heavy atom. The van der Waals surface area contributed by atoms with E-state index in [4.69, 9.17) is 14.2 Å². The van der Waals surface area contributed by atoms with Crippen LogP contribution in [-0.2, 0) is 11.2 Å². The summed E-state index contributed by atoms with van der Waals surface area (Å²) in [4.78, 5) is 12.3. The highest BCUT2D eigenvalue weighted by Gasteiger charge is 2.28. The molecule has 1 heterocycles. The maximum Gasteiger partial charge on any atom is 0.265 e. The molecule has 114 valence electrons. The van der Waals surface area contributed by atoms with Crippen LogP contribution in [0, 0.1) is 0 Å². The van der Waals surface area contributed by atoms with Crippen LogP contribution in [0.2, 0.25) is 0 Å². The molecule has 1 N–H and O–H groups in total. The molecule has 0 radical (unpaired) electrons. The first kappa shape index (κ1) is 14.3. The van der Waals surface area contributed by atoms with Gasteiger partial charge in [0, 0.05) is 18.2 Å². The summed E-state index contributed by atoms with van der Waals surface area (Å²) in [5, 5.41) is 2.85. The van der Waals surface area contributed by atoms with Crippen LogP contribution in [0.4, 0.5) is 5.69 Å². The average Bonchev–Trinajstić information content (AvgIpc) is 2.99. The minimum Gasteiger partial charge on any atom is -0.493 e. The molecule has 5 heteroatoms. The maximum atomic E-state index is 12.3. The van der Waals surface area contributed by atoms with Gasteiger partial charge in [-0.2, -0.15) is 0 Å². The zero-order valence-corrected chi connectivity index (χ0v) is 12.5. The fraction of sp³-hybridized carbons (Fsp3) is 0.235. The Bertz CT molecular complexity index is 674. The quantitative estimate of drug-likeness (QED) is 0.943. The lowest BCUT2D eigenvalue weighted by Crippen LogP contribution is -2.31. The van der Waals surface area contributed by atoms with Crippen LogP contribution in [0.1, 0.15) is 5.56 Å². The van der Waals surface area contributed by atoms with Crippen LogP contribution in [0.5, 0.6) is 17.2 Å². The topological polar surface area (TPSA) is 56.8 Å². The molecular weight excluding hydrogens is 282 g/mol. The molecule has 0 spiro atoms. The first-order valence-corrected chi connectivity index (χ1v) is 6.98. The Labute approximate surface area is 128 Å². The second-order valence-corrected chi connectivity index (χ2v) is 4.98. The monoisotopic (exact) mass is 299 g/mol. The van der Waals surface area contributed by atoms with Crippen molar-refractivity contribution in [2.75, 3.05) is 19.5 Å². The van der Waals surface area contributed by atoms with Gasteiger partial charge in [-0.05, 0) is 23.8 Å². The summed E-state index contributed by atoms with van der Waals surface area (Å²) in [6.07, 6.45) is 0.0699. The molecule has 0 aliphatic carbocycles. The molecule has 22 heavy (non-hydrogen) atoms. The van der Waals surface area contributed by atoms with Crippen molar-refractivity contribution >= 4 is 11.6 Å². The van der Waals surface area contributed by atoms with Gasteiger partial charge in [0.25, 0.3) is 5.91 Å². The zero-order chi connectivity index (χ0) is 15.5. The summed E-state index contributed by atoms with van der Waals surface area (Å²) in [7, 11) is 3.12. The normalized spacial score (nSPS) is 15.6. The third-order valence-corrected chi connectivity index (χ3v) is 3.59. The summed E-state index contributed by atoms with van der Waals surface area (Å²) in [5.74, 6) is 1.78. The summed E-state index contributed by atoms with van der Waals surface area (Å²) in [6, 6.07) is 12.9. The van der Waals surface area contributed by atoms with E-state index in [9.17, 15) is 4.79 Å². The van der Waals surface area contributed by atoms with Crippen LogP contribution in [-0.4, -0.2) is 26.2 Å². The van der Waals surface area contributed by atoms with Gasteiger partial charge < -0.3 is 19.5 Å². The van der Waals surface area contributed by atoms with Crippen LogP contribution in [0.25, 0.3) is 0 Å². The van der Waals surface area contributed by atoms with E-state index in [1.807, 2.05) is 24.3 Å². The summed E-state index contributed by atoms with van der Waals surface area (Å²) in [6.45, 7) is 0. The predicted molar refractivity (Wildman–Crippen MR) is 82.7 cm³/mol. The first-order chi connectivity index (χ1) is 10.7. The van der Waals surface area contributed by atoms with E-state index >= 15 is 0 Å². The molecule has 1 aliphatic rings. The molecule has 5 nitrogen and oxygen atoms in total. The molecular formula is C17H17NO4.